The maximum atomic E-state index is 12.6. The number of amides is 3. The van der Waals surface area contributed by atoms with Gasteiger partial charge in [-0.25, -0.2) is 4.79 Å². The standard InChI is InChI=1S/C19H32N6O2/c1-14(12-16-13-15(2)22-23-16)21-18(27)24-10-6-19(7-11-24,17(20)26)25-8-4-3-5-9-25/h13-14H,3-12H2,1-2H3,(H2,20,26)(H,21,27)(H,22,23)/t14-/m1/s1. The molecule has 27 heavy (non-hydrogen) atoms. The van der Waals surface area contributed by atoms with E-state index in [-0.39, 0.29) is 18.0 Å². The van der Waals surface area contributed by atoms with Gasteiger partial charge in [-0.05, 0) is 58.7 Å². The second-order valence-corrected chi connectivity index (χ2v) is 8.03. The van der Waals surface area contributed by atoms with Crippen molar-refractivity contribution in [2.24, 2.45) is 5.73 Å². The normalized spacial score (nSPS) is 21.6. The summed E-state index contributed by atoms with van der Waals surface area (Å²) in [5, 5.41) is 10.2. The number of hydrogen-bond acceptors (Lipinski definition) is 4. The van der Waals surface area contributed by atoms with Crippen molar-refractivity contribution in [2.45, 2.75) is 64.0 Å². The molecule has 1 aromatic heterocycles. The number of aromatic amines is 1. The molecule has 1 aromatic rings. The van der Waals surface area contributed by atoms with Crippen molar-refractivity contribution < 1.29 is 9.59 Å². The van der Waals surface area contributed by atoms with Gasteiger partial charge in [0.1, 0.15) is 5.54 Å². The summed E-state index contributed by atoms with van der Waals surface area (Å²) in [6.45, 7) is 6.90. The van der Waals surface area contributed by atoms with E-state index in [1.165, 1.54) is 6.42 Å². The Balaban J connectivity index is 1.53. The summed E-state index contributed by atoms with van der Waals surface area (Å²) in [5.41, 5.74) is 7.18. The molecule has 0 aromatic carbocycles. The number of hydrogen-bond donors (Lipinski definition) is 3. The van der Waals surface area contributed by atoms with Crippen LogP contribution in [0, 0.1) is 6.92 Å². The van der Waals surface area contributed by atoms with Crippen LogP contribution < -0.4 is 11.1 Å². The molecule has 2 aliphatic heterocycles. The predicted octanol–water partition coefficient (Wildman–Crippen LogP) is 1.16. The summed E-state index contributed by atoms with van der Waals surface area (Å²) in [7, 11) is 0. The van der Waals surface area contributed by atoms with Crippen molar-refractivity contribution >= 4 is 11.9 Å². The molecule has 0 unspecified atom stereocenters. The maximum Gasteiger partial charge on any atom is 0.317 e. The summed E-state index contributed by atoms with van der Waals surface area (Å²) >= 11 is 0. The number of piperidine rings is 2. The van der Waals surface area contributed by atoms with Crippen LogP contribution in [0.4, 0.5) is 4.79 Å². The molecular formula is C19H32N6O2. The van der Waals surface area contributed by atoms with Crippen LogP contribution in [0.1, 0.15) is 50.4 Å². The largest absolute Gasteiger partial charge is 0.368 e. The minimum atomic E-state index is -0.588. The van der Waals surface area contributed by atoms with E-state index >= 15 is 0 Å². The lowest BCUT2D eigenvalue weighted by Gasteiger charge is -2.48. The zero-order valence-corrected chi connectivity index (χ0v) is 16.5. The van der Waals surface area contributed by atoms with E-state index < -0.39 is 5.54 Å². The van der Waals surface area contributed by atoms with Crippen LogP contribution in [-0.2, 0) is 11.2 Å². The van der Waals surface area contributed by atoms with Gasteiger partial charge in [-0.3, -0.25) is 14.8 Å². The number of rotatable bonds is 5. The maximum absolute atomic E-state index is 12.6. The number of urea groups is 1. The van der Waals surface area contributed by atoms with E-state index in [1.54, 1.807) is 4.90 Å². The van der Waals surface area contributed by atoms with Gasteiger partial charge in [-0.15, -0.1) is 0 Å². The van der Waals surface area contributed by atoms with Crippen LogP contribution in [0.5, 0.6) is 0 Å². The molecule has 4 N–H and O–H groups in total. The zero-order chi connectivity index (χ0) is 19.4. The molecule has 2 fully saturated rings. The molecule has 8 nitrogen and oxygen atoms in total. The van der Waals surface area contributed by atoms with Crippen LogP contribution in [0.3, 0.4) is 0 Å². The lowest BCUT2D eigenvalue weighted by molar-refractivity contribution is -0.134. The van der Waals surface area contributed by atoms with Crippen LogP contribution in [0.15, 0.2) is 6.07 Å². The highest BCUT2D eigenvalue weighted by Crippen LogP contribution is 2.31. The van der Waals surface area contributed by atoms with Crippen LogP contribution in [-0.4, -0.2) is 69.7 Å². The van der Waals surface area contributed by atoms with Crippen molar-refractivity contribution in [1.29, 1.82) is 0 Å². The number of carbonyl (C=O) groups is 2. The Kier molecular flexibility index (Phi) is 6.04. The fourth-order valence-corrected chi connectivity index (χ4v) is 4.37. The van der Waals surface area contributed by atoms with Gasteiger partial charge < -0.3 is 16.0 Å². The number of nitrogens with one attached hydrogen (secondary N) is 2. The van der Waals surface area contributed by atoms with Crippen molar-refractivity contribution in [2.75, 3.05) is 26.2 Å². The van der Waals surface area contributed by atoms with Gasteiger partial charge in [-0.1, -0.05) is 6.42 Å². The van der Waals surface area contributed by atoms with Gasteiger partial charge in [0.25, 0.3) is 0 Å². The van der Waals surface area contributed by atoms with Gasteiger partial charge in [0.2, 0.25) is 5.91 Å². The quantitative estimate of drug-likeness (QED) is 0.717. The first kappa shape index (κ1) is 19.7. The highest BCUT2D eigenvalue weighted by atomic mass is 16.2. The molecule has 2 aliphatic rings. The molecule has 0 aliphatic carbocycles. The highest BCUT2D eigenvalue weighted by molar-refractivity contribution is 5.85. The first-order chi connectivity index (χ1) is 12.9. The number of carbonyl (C=O) groups excluding carboxylic acids is 2. The van der Waals surface area contributed by atoms with Gasteiger partial charge in [0.15, 0.2) is 0 Å². The number of nitrogens with zero attached hydrogens (tertiary/aromatic N) is 3. The predicted molar refractivity (Wildman–Crippen MR) is 103 cm³/mol. The molecule has 1 atom stereocenters. The Labute approximate surface area is 160 Å². The van der Waals surface area contributed by atoms with E-state index in [1.807, 2.05) is 19.9 Å². The topological polar surface area (TPSA) is 107 Å². The highest BCUT2D eigenvalue weighted by Gasteiger charge is 2.45. The van der Waals surface area contributed by atoms with Crippen molar-refractivity contribution in [3.63, 3.8) is 0 Å². The fraction of sp³-hybridized carbons (Fsp3) is 0.737. The first-order valence-corrected chi connectivity index (χ1v) is 10.0. The molecule has 0 bridgehead atoms. The molecule has 0 spiro atoms. The number of nitrogens with two attached hydrogens (primary N) is 1. The van der Waals surface area contributed by atoms with Crippen molar-refractivity contribution in [3.05, 3.63) is 17.5 Å². The summed E-state index contributed by atoms with van der Waals surface area (Å²) < 4.78 is 0. The number of likely N-dealkylation sites (tertiary alicyclic amines) is 2. The lowest BCUT2D eigenvalue weighted by Crippen LogP contribution is -2.64. The number of H-pyrrole nitrogens is 1. The molecule has 0 radical (unpaired) electrons. The number of aromatic nitrogens is 2. The van der Waals surface area contributed by atoms with E-state index in [9.17, 15) is 9.59 Å². The van der Waals surface area contributed by atoms with Gasteiger partial charge in [0, 0.05) is 31.2 Å². The summed E-state index contributed by atoms with van der Waals surface area (Å²) in [4.78, 5) is 29.0. The second kappa shape index (κ2) is 8.29. The molecule has 3 amide bonds. The summed E-state index contributed by atoms with van der Waals surface area (Å²) in [5.74, 6) is -0.244. The Morgan fingerprint density at radius 2 is 1.93 bits per heavy atom. The Bertz CT molecular complexity index is 659. The molecular weight excluding hydrogens is 344 g/mol. The molecule has 2 saturated heterocycles. The molecule has 0 saturated carbocycles. The molecule has 3 rings (SSSR count). The number of aryl methyl sites for hydroxylation is 1. The summed E-state index contributed by atoms with van der Waals surface area (Å²) in [6.07, 6.45) is 5.36. The van der Waals surface area contributed by atoms with Gasteiger partial charge in [0.05, 0.1) is 5.69 Å². The van der Waals surface area contributed by atoms with E-state index in [0.29, 0.717) is 32.4 Å². The zero-order valence-electron chi connectivity index (χ0n) is 16.5. The first-order valence-electron chi connectivity index (χ1n) is 10.0. The van der Waals surface area contributed by atoms with Crippen LogP contribution >= 0.6 is 0 Å². The smallest absolute Gasteiger partial charge is 0.317 e. The lowest BCUT2D eigenvalue weighted by atomic mass is 9.83. The van der Waals surface area contributed by atoms with Gasteiger partial charge in [-0.2, -0.15) is 5.10 Å². The Hall–Kier alpha value is -2.09. The SMILES string of the molecule is Cc1cc(C[C@@H](C)NC(=O)N2CCC(C(N)=O)(N3CCCCC3)CC2)n[nH]1. The molecule has 8 heteroatoms. The average Bonchev–Trinajstić information content (AvgIpc) is 3.06. The third-order valence-corrected chi connectivity index (χ3v) is 5.94. The van der Waals surface area contributed by atoms with Crippen molar-refractivity contribution in [3.8, 4) is 0 Å². The third kappa shape index (κ3) is 4.43. The number of primary amides is 1. The molecule has 3 heterocycles. The monoisotopic (exact) mass is 376 g/mol. The van der Waals surface area contributed by atoms with Crippen LogP contribution in [0.25, 0.3) is 0 Å². The minimum Gasteiger partial charge on any atom is -0.368 e. The Morgan fingerprint density at radius 3 is 2.48 bits per heavy atom. The van der Waals surface area contributed by atoms with E-state index in [2.05, 4.69) is 20.4 Å². The molecule has 150 valence electrons. The second-order valence-electron chi connectivity index (χ2n) is 8.03. The Morgan fingerprint density at radius 1 is 1.26 bits per heavy atom. The summed E-state index contributed by atoms with van der Waals surface area (Å²) in [6, 6.07) is 1.90. The third-order valence-electron chi connectivity index (χ3n) is 5.94. The van der Waals surface area contributed by atoms with Gasteiger partial charge >= 0.3 is 6.03 Å². The van der Waals surface area contributed by atoms with Crippen molar-refractivity contribution in [1.82, 2.24) is 25.3 Å². The van der Waals surface area contributed by atoms with E-state index in [4.69, 9.17) is 5.73 Å². The van der Waals surface area contributed by atoms with Crippen LogP contribution in [0.2, 0.25) is 0 Å². The fourth-order valence-electron chi connectivity index (χ4n) is 4.37. The average molecular weight is 377 g/mol. The minimum absolute atomic E-state index is 0.00915. The van der Waals surface area contributed by atoms with E-state index in [0.717, 1.165) is 37.3 Å².